The third-order valence-electron chi connectivity index (χ3n) is 2.62. The number of aliphatic hydroxyl groups excluding tert-OH is 1. The molecule has 1 aromatic rings. The lowest BCUT2D eigenvalue weighted by Gasteiger charge is -2.12. The van der Waals surface area contributed by atoms with Crippen LogP contribution in [-0.4, -0.2) is 31.4 Å². The van der Waals surface area contributed by atoms with Gasteiger partial charge in [-0.2, -0.15) is 0 Å². The number of unbranched alkanes of at least 4 members (excludes halogenated alkanes) is 1. The molecule has 0 aromatic heterocycles. The topological polar surface area (TPSA) is 41.5 Å². The van der Waals surface area contributed by atoms with E-state index in [1.807, 2.05) is 19.2 Å². The molecule has 1 rings (SSSR count). The molecule has 0 amide bonds. The summed E-state index contributed by atoms with van der Waals surface area (Å²) in [5, 5.41) is 12.4. The molecule has 0 aliphatic rings. The summed E-state index contributed by atoms with van der Waals surface area (Å²) in [5.74, 6) is 0.820. The number of nitrogens with one attached hydrogen (secondary N) is 1. The van der Waals surface area contributed by atoms with Gasteiger partial charge in [0.15, 0.2) is 0 Å². The zero-order chi connectivity index (χ0) is 12.5. The molecule has 0 radical (unpaired) electrons. The van der Waals surface area contributed by atoms with Crippen molar-refractivity contribution in [2.75, 3.05) is 20.2 Å². The van der Waals surface area contributed by atoms with Crippen molar-refractivity contribution in [3.05, 3.63) is 29.8 Å². The van der Waals surface area contributed by atoms with Crippen molar-refractivity contribution in [1.82, 2.24) is 5.32 Å². The summed E-state index contributed by atoms with van der Waals surface area (Å²) in [6.45, 7) is 3.07. The van der Waals surface area contributed by atoms with Crippen molar-refractivity contribution in [2.24, 2.45) is 0 Å². The molecule has 0 heterocycles. The van der Waals surface area contributed by atoms with Gasteiger partial charge in [-0.05, 0) is 37.6 Å². The highest BCUT2D eigenvalue weighted by Gasteiger charge is 2.03. The Morgan fingerprint density at radius 2 is 2.00 bits per heavy atom. The predicted molar refractivity (Wildman–Crippen MR) is 70.5 cm³/mol. The number of likely N-dealkylation sites (N-methyl/N-ethyl adjacent to an activating group) is 1. The van der Waals surface area contributed by atoms with Crippen LogP contribution < -0.4 is 10.1 Å². The second-order valence-electron chi connectivity index (χ2n) is 4.27. The molecule has 1 unspecified atom stereocenters. The lowest BCUT2D eigenvalue weighted by molar-refractivity contribution is 0.108. The number of aliphatic hydroxyl groups is 1. The van der Waals surface area contributed by atoms with Crippen molar-refractivity contribution in [3.8, 4) is 5.75 Å². The maximum atomic E-state index is 9.49. The molecule has 0 spiro atoms. The first kappa shape index (κ1) is 14.0. The van der Waals surface area contributed by atoms with E-state index in [9.17, 15) is 5.11 Å². The summed E-state index contributed by atoms with van der Waals surface area (Å²) < 4.78 is 5.49. The first-order valence-corrected chi connectivity index (χ1v) is 6.30. The highest BCUT2D eigenvalue weighted by atomic mass is 16.5. The molecule has 0 saturated heterocycles. The fraction of sp³-hybridized carbons (Fsp3) is 0.571. The van der Waals surface area contributed by atoms with Gasteiger partial charge in [-0.1, -0.05) is 25.5 Å². The van der Waals surface area contributed by atoms with Crippen LogP contribution in [0.1, 0.15) is 25.3 Å². The fourth-order valence-corrected chi connectivity index (χ4v) is 1.62. The van der Waals surface area contributed by atoms with Crippen LogP contribution in [0.2, 0.25) is 0 Å². The first-order chi connectivity index (χ1) is 8.26. The Morgan fingerprint density at radius 3 is 2.59 bits per heavy atom. The number of benzene rings is 1. The molecular weight excluding hydrogens is 214 g/mol. The van der Waals surface area contributed by atoms with Crippen LogP contribution in [0.5, 0.6) is 5.75 Å². The average molecular weight is 237 g/mol. The highest BCUT2D eigenvalue weighted by Crippen LogP contribution is 2.14. The van der Waals surface area contributed by atoms with Crippen LogP contribution in [0, 0.1) is 0 Å². The largest absolute Gasteiger partial charge is 0.491 e. The van der Waals surface area contributed by atoms with E-state index in [2.05, 4.69) is 24.4 Å². The third-order valence-corrected chi connectivity index (χ3v) is 2.62. The normalized spacial score (nSPS) is 12.4. The van der Waals surface area contributed by atoms with Crippen molar-refractivity contribution in [3.63, 3.8) is 0 Å². The summed E-state index contributed by atoms with van der Waals surface area (Å²) in [6.07, 6.45) is 3.11. The van der Waals surface area contributed by atoms with Gasteiger partial charge >= 0.3 is 0 Å². The predicted octanol–water partition coefficient (Wildman–Crippen LogP) is 1.99. The molecule has 0 fully saturated rings. The van der Waals surface area contributed by atoms with Gasteiger partial charge in [-0.25, -0.2) is 0 Å². The smallest absolute Gasteiger partial charge is 0.119 e. The Kier molecular flexibility index (Phi) is 6.67. The van der Waals surface area contributed by atoms with Gasteiger partial charge in [0.2, 0.25) is 0 Å². The minimum atomic E-state index is -0.459. The lowest BCUT2D eigenvalue weighted by Crippen LogP contribution is -2.29. The van der Waals surface area contributed by atoms with Crippen molar-refractivity contribution in [1.29, 1.82) is 0 Å². The highest BCUT2D eigenvalue weighted by molar-refractivity contribution is 5.27. The standard InChI is InChI=1S/C14H23NO2/c1-3-4-5-12-6-8-14(9-7-12)17-11-13(16)10-15-2/h6-9,13,15-16H,3-5,10-11H2,1-2H3. The molecule has 1 aromatic carbocycles. The Morgan fingerprint density at radius 1 is 1.29 bits per heavy atom. The minimum absolute atomic E-state index is 0.329. The molecule has 96 valence electrons. The van der Waals surface area contributed by atoms with Gasteiger partial charge in [0.25, 0.3) is 0 Å². The van der Waals surface area contributed by atoms with Gasteiger partial charge in [0.05, 0.1) is 0 Å². The van der Waals surface area contributed by atoms with Gasteiger partial charge in [0.1, 0.15) is 18.5 Å². The zero-order valence-corrected chi connectivity index (χ0v) is 10.8. The second-order valence-corrected chi connectivity index (χ2v) is 4.27. The molecule has 0 bridgehead atoms. The van der Waals surface area contributed by atoms with Crippen LogP contribution in [0.4, 0.5) is 0 Å². The molecular formula is C14H23NO2. The summed E-state index contributed by atoms with van der Waals surface area (Å²) in [4.78, 5) is 0. The number of hydrogen-bond acceptors (Lipinski definition) is 3. The minimum Gasteiger partial charge on any atom is -0.491 e. The summed E-state index contributed by atoms with van der Waals surface area (Å²) >= 11 is 0. The van der Waals surface area contributed by atoms with Crippen LogP contribution in [0.15, 0.2) is 24.3 Å². The summed E-state index contributed by atoms with van der Waals surface area (Å²) in [6, 6.07) is 8.12. The molecule has 2 N–H and O–H groups in total. The molecule has 0 aliphatic carbocycles. The van der Waals surface area contributed by atoms with E-state index in [0.717, 1.165) is 12.2 Å². The van der Waals surface area contributed by atoms with E-state index < -0.39 is 6.10 Å². The second kappa shape index (κ2) is 8.09. The first-order valence-electron chi connectivity index (χ1n) is 6.30. The van der Waals surface area contributed by atoms with Gasteiger partial charge in [-0.3, -0.25) is 0 Å². The number of aryl methyl sites for hydroxylation is 1. The maximum Gasteiger partial charge on any atom is 0.119 e. The molecule has 3 heteroatoms. The van der Waals surface area contributed by atoms with Gasteiger partial charge < -0.3 is 15.2 Å². The van der Waals surface area contributed by atoms with E-state index in [1.54, 1.807) is 0 Å². The molecule has 3 nitrogen and oxygen atoms in total. The maximum absolute atomic E-state index is 9.49. The van der Waals surface area contributed by atoms with E-state index in [4.69, 9.17) is 4.74 Å². The number of ether oxygens (including phenoxy) is 1. The number of hydrogen-bond donors (Lipinski definition) is 2. The monoisotopic (exact) mass is 237 g/mol. The lowest BCUT2D eigenvalue weighted by atomic mass is 10.1. The molecule has 1 atom stereocenters. The van der Waals surface area contributed by atoms with E-state index >= 15 is 0 Å². The Bertz CT molecular complexity index is 298. The summed E-state index contributed by atoms with van der Waals surface area (Å²) in [7, 11) is 1.81. The Balaban J connectivity index is 2.34. The Labute approximate surface area is 104 Å². The number of rotatable bonds is 8. The van der Waals surface area contributed by atoms with Crippen LogP contribution in [0.25, 0.3) is 0 Å². The van der Waals surface area contributed by atoms with E-state index in [1.165, 1.54) is 18.4 Å². The zero-order valence-electron chi connectivity index (χ0n) is 10.8. The quantitative estimate of drug-likeness (QED) is 0.726. The Hall–Kier alpha value is -1.06. The SMILES string of the molecule is CCCCc1ccc(OCC(O)CNC)cc1. The molecule has 0 saturated carbocycles. The van der Waals surface area contributed by atoms with Crippen molar-refractivity contribution < 1.29 is 9.84 Å². The van der Waals surface area contributed by atoms with Crippen molar-refractivity contribution in [2.45, 2.75) is 32.3 Å². The molecule has 0 aliphatic heterocycles. The van der Waals surface area contributed by atoms with Crippen molar-refractivity contribution >= 4 is 0 Å². The average Bonchev–Trinajstić information content (AvgIpc) is 2.35. The van der Waals surface area contributed by atoms with Gasteiger partial charge in [-0.15, -0.1) is 0 Å². The summed E-state index contributed by atoms with van der Waals surface area (Å²) in [5.41, 5.74) is 1.34. The van der Waals surface area contributed by atoms with Crippen LogP contribution in [-0.2, 0) is 6.42 Å². The fourth-order valence-electron chi connectivity index (χ4n) is 1.62. The van der Waals surface area contributed by atoms with Gasteiger partial charge in [0, 0.05) is 6.54 Å². The van der Waals surface area contributed by atoms with Crippen LogP contribution in [0.3, 0.4) is 0 Å². The van der Waals surface area contributed by atoms with Crippen LogP contribution >= 0.6 is 0 Å². The van der Waals surface area contributed by atoms with E-state index in [-0.39, 0.29) is 0 Å². The third kappa shape index (κ3) is 5.71. The molecule has 17 heavy (non-hydrogen) atoms. The van der Waals surface area contributed by atoms with E-state index in [0.29, 0.717) is 13.2 Å².